The topological polar surface area (TPSA) is 99.1 Å². The summed E-state index contributed by atoms with van der Waals surface area (Å²) in [6.07, 6.45) is 3.45. The molecule has 1 saturated heterocycles. The van der Waals surface area contributed by atoms with Gasteiger partial charge in [0.15, 0.2) is 0 Å². The molecule has 0 spiro atoms. The van der Waals surface area contributed by atoms with Gasteiger partial charge >= 0.3 is 0 Å². The molecule has 0 aromatic carbocycles. The van der Waals surface area contributed by atoms with Gasteiger partial charge in [-0.2, -0.15) is 4.98 Å². The first kappa shape index (κ1) is 20.2. The molecule has 0 amide bonds. The van der Waals surface area contributed by atoms with Crippen LogP contribution in [0.4, 0.5) is 27.8 Å². The molecule has 1 fully saturated rings. The highest BCUT2D eigenvalue weighted by Gasteiger charge is 2.28. The maximum atomic E-state index is 13.9. The molecule has 4 heterocycles. The maximum absolute atomic E-state index is 13.9. The number of rotatable bonds is 5. The van der Waals surface area contributed by atoms with Gasteiger partial charge in [-0.3, -0.25) is 0 Å². The van der Waals surface area contributed by atoms with E-state index in [9.17, 15) is 9.50 Å². The lowest BCUT2D eigenvalue weighted by atomic mass is 9.99. The van der Waals surface area contributed by atoms with Crippen LogP contribution in [0.5, 0.6) is 0 Å². The second-order valence-corrected chi connectivity index (χ2v) is 7.77. The Morgan fingerprint density at radius 1 is 1.17 bits per heavy atom. The summed E-state index contributed by atoms with van der Waals surface area (Å²) in [5, 5.41) is 18.0. The summed E-state index contributed by atoms with van der Waals surface area (Å²) >= 11 is 0. The Kier molecular flexibility index (Phi) is 5.63. The maximum Gasteiger partial charge on any atom is 0.227 e. The van der Waals surface area contributed by atoms with Gasteiger partial charge in [-0.1, -0.05) is 13.8 Å². The summed E-state index contributed by atoms with van der Waals surface area (Å²) in [5.41, 5.74) is 1.14. The summed E-state index contributed by atoms with van der Waals surface area (Å²) in [5.74, 6) is 2.75. The van der Waals surface area contributed by atoms with Crippen molar-refractivity contribution in [3.05, 3.63) is 36.3 Å². The number of fused-ring (bicyclic) bond motifs is 1. The van der Waals surface area contributed by atoms with Crippen LogP contribution >= 0.6 is 0 Å². The van der Waals surface area contributed by atoms with Crippen molar-refractivity contribution < 1.29 is 9.50 Å². The van der Waals surface area contributed by atoms with E-state index < -0.39 is 12.3 Å². The average molecular weight is 411 g/mol. The van der Waals surface area contributed by atoms with Gasteiger partial charge in [0.1, 0.15) is 23.6 Å². The van der Waals surface area contributed by atoms with Crippen molar-refractivity contribution in [2.75, 3.05) is 35.7 Å². The fraction of sp³-hybridized carbons (Fsp3) is 0.429. The van der Waals surface area contributed by atoms with Crippen LogP contribution in [0, 0.1) is 0 Å². The fourth-order valence-electron chi connectivity index (χ4n) is 3.66. The van der Waals surface area contributed by atoms with Crippen molar-refractivity contribution in [2.24, 2.45) is 0 Å². The molecule has 30 heavy (non-hydrogen) atoms. The number of aliphatic hydroxyl groups is 1. The van der Waals surface area contributed by atoms with Gasteiger partial charge in [-0.25, -0.2) is 19.3 Å². The van der Waals surface area contributed by atoms with Crippen LogP contribution in [-0.4, -0.2) is 57.5 Å². The van der Waals surface area contributed by atoms with E-state index in [4.69, 9.17) is 0 Å². The van der Waals surface area contributed by atoms with E-state index in [-0.39, 0.29) is 6.54 Å². The first-order chi connectivity index (χ1) is 14.5. The Hall–Kier alpha value is -3.07. The molecule has 3 aromatic heterocycles. The van der Waals surface area contributed by atoms with E-state index in [1.54, 1.807) is 23.4 Å². The molecule has 3 aromatic rings. The largest absolute Gasteiger partial charge is 0.390 e. The van der Waals surface area contributed by atoms with Crippen molar-refractivity contribution in [1.82, 2.24) is 19.9 Å². The molecule has 0 radical (unpaired) electrons. The molecule has 2 atom stereocenters. The number of aromatic nitrogens is 4. The van der Waals surface area contributed by atoms with Gasteiger partial charge in [0.25, 0.3) is 0 Å². The minimum Gasteiger partial charge on any atom is -0.390 e. The van der Waals surface area contributed by atoms with Crippen molar-refractivity contribution in [2.45, 2.75) is 38.5 Å². The number of aliphatic hydroxyl groups excluding tert-OH is 1. The predicted octanol–water partition coefficient (Wildman–Crippen LogP) is 3.24. The lowest BCUT2D eigenvalue weighted by molar-refractivity contribution is 0.0612. The highest BCUT2D eigenvalue weighted by molar-refractivity contribution is 5.95. The Morgan fingerprint density at radius 3 is 2.73 bits per heavy atom. The smallest absolute Gasteiger partial charge is 0.227 e. The molecule has 0 bridgehead atoms. The SMILES string of the molecule is CNc1ncc(C(C)C)c2cc(Nc3ccnc(N4CC[C@@H](O)[C@@H](F)C4)n3)ncc12. The predicted molar refractivity (Wildman–Crippen MR) is 116 cm³/mol. The first-order valence-corrected chi connectivity index (χ1v) is 10.1. The second kappa shape index (κ2) is 8.35. The van der Waals surface area contributed by atoms with Crippen molar-refractivity contribution >= 4 is 34.2 Å². The molecule has 8 nitrogen and oxygen atoms in total. The van der Waals surface area contributed by atoms with Crippen molar-refractivity contribution in [1.29, 1.82) is 0 Å². The molecular formula is C21H26FN7O. The Morgan fingerprint density at radius 2 is 2.00 bits per heavy atom. The zero-order valence-electron chi connectivity index (χ0n) is 17.3. The molecule has 0 aliphatic carbocycles. The van der Waals surface area contributed by atoms with Crippen LogP contribution in [-0.2, 0) is 0 Å². The molecule has 158 valence electrons. The molecule has 9 heteroatoms. The number of alkyl halides is 1. The van der Waals surface area contributed by atoms with Gasteiger partial charge in [-0.05, 0) is 35.4 Å². The summed E-state index contributed by atoms with van der Waals surface area (Å²) in [6, 6.07) is 3.74. The third-order valence-electron chi connectivity index (χ3n) is 5.35. The lowest BCUT2D eigenvalue weighted by Crippen LogP contribution is -2.45. The second-order valence-electron chi connectivity index (χ2n) is 7.77. The Labute approximate surface area is 174 Å². The van der Waals surface area contributed by atoms with E-state index in [1.165, 1.54) is 0 Å². The number of hydrogen-bond acceptors (Lipinski definition) is 8. The van der Waals surface area contributed by atoms with Crippen LogP contribution in [0.15, 0.2) is 30.7 Å². The molecule has 0 unspecified atom stereocenters. The first-order valence-electron chi connectivity index (χ1n) is 10.1. The van der Waals surface area contributed by atoms with Crippen molar-refractivity contribution in [3.8, 4) is 0 Å². The number of pyridine rings is 2. The third kappa shape index (κ3) is 3.97. The van der Waals surface area contributed by atoms with Gasteiger partial charge in [0.2, 0.25) is 5.95 Å². The Balaban J connectivity index is 1.62. The van der Waals surface area contributed by atoms with Crippen LogP contribution in [0.2, 0.25) is 0 Å². The quantitative estimate of drug-likeness (QED) is 0.589. The number of anilines is 4. The third-order valence-corrected chi connectivity index (χ3v) is 5.35. The fourth-order valence-corrected chi connectivity index (χ4v) is 3.66. The molecular weight excluding hydrogens is 385 g/mol. The molecule has 3 N–H and O–H groups in total. The summed E-state index contributed by atoms with van der Waals surface area (Å²) in [4.78, 5) is 19.5. The van der Waals surface area contributed by atoms with Crippen molar-refractivity contribution in [3.63, 3.8) is 0 Å². The highest BCUT2D eigenvalue weighted by atomic mass is 19.1. The monoisotopic (exact) mass is 411 g/mol. The van der Waals surface area contributed by atoms with E-state index >= 15 is 0 Å². The number of hydrogen-bond donors (Lipinski definition) is 3. The van der Waals surface area contributed by atoms with Crippen LogP contribution < -0.4 is 15.5 Å². The van der Waals surface area contributed by atoms with E-state index in [2.05, 4.69) is 44.4 Å². The van der Waals surface area contributed by atoms with E-state index in [0.717, 1.165) is 22.2 Å². The van der Waals surface area contributed by atoms with Crippen LogP contribution in [0.3, 0.4) is 0 Å². The standard InChI is InChI=1S/C21H26FN7O/c1-12(2)14-9-26-20(23-3)15-10-25-19(8-13(14)15)27-18-4-6-24-21(28-18)29-7-5-17(30)16(22)11-29/h4,6,8-10,12,16-17,30H,5,7,11H2,1-3H3,(H,23,26)(H,24,25,27,28)/t16-,17+/m0/s1. The Bertz CT molecular complexity index is 1050. The van der Waals surface area contributed by atoms with E-state index in [1.807, 2.05) is 19.3 Å². The zero-order chi connectivity index (χ0) is 21.3. The lowest BCUT2D eigenvalue weighted by Gasteiger charge is -2.32. The molecule has 1 aliphatic heterocycles. The summed E-state index contributed by atoms with van der Waals surface area (Å²) in [7, 11) is 1.84. The summed E-state index contributed by atoms with van der Waals surface area (Å²) < 4.78 is 13.9. The normalized spacial score (nSPS) is 19.3. The molecule has 1 aliphatic rings. The number of piperidine rings is 1. The number of halogens is 1. The summed E-state index contributed by atoms with van der Waals surface area (Å²) in [6.45, 7) is 4.86. The van der Waals surface area contributed by atoms with Gasteiger partial charge in [0, 0.05) is 37.6 Å². The number of nitrogens with one attached hydrogen (secondary N) is 2. The van der Waals surface area contributed by atoms with Crippen LogP contribution in [0.1, 0.15) is 31.7 Å². The highest BCUT2D eigenvalue weighted by Crippen LogP contribution is 2.30. The molecule has 4 rings (SSSR count). The molecule has 0 saturated carbocycles. The van der Waals surface area contributed by atoms with Gasteiger partial charge in [-0.15, -0.1) is 0 Å². The van der Waals surface area contributed by atoms with Gasteiger partial charge < -0.3 is 20.6 Å². The minimum atomic E-state index is -1.30. The number of nitrogens with zero attached hydrogens (tertiary/aromatic N) is 5. The minimum absolute atomic E-state index is 0.0797. The zero-order valence-corrected chi connectivity index (χ0v) is 17.3. The van der Waals surface area contributed by atoms with E-state index in [0.29, 0.717) is 36.5 Å². The van der Waals surface area contributed by atoms with Crippen LogP contribution in [0.25, 0.3) is 10.8 Å². The average Bonchev–Trinajstić information content (AvgIpc) is 2.74. The van der Waals surface area contributed by atoms with Gasteiger partial charge in [0.05, 0.1) is 12.6 Å².